The van der Waals surface area contributed by atoms with Crippen molar-refractivity contribution in [2.75, 3.05) is 12.8 Å². The topological polar surface area (TPSA) is 75.1 Å². The molecule has 1 atom stereocenters. The fourth-order valence-electron chi connectivity index (χ4n) is 2.19. The predicted molar refractivity (Wildman–Crippen MR) is 85.9 cm³/mol. The molecule has 0 bridgehead atoms. The zero-order valence-corrected chi connectivity index (χ0v) is 14.3. The molecule has 1 heterocycles. The van der Waals surface area contributed by atoms with Crippen LogP contribution in [0.3, 0.4) is 0 Å². The highest BCUT2D eigenvalue weighted by atomic mass is 32.2. The normalized spacial score (nSPS) is 14.0. The van der Waals surface area contributed by atoms with Gasteiger partial charge in [0.2, 0.25) is 0 Å². The number of hydrogen-bond donors (Lipinski definition) is 2. The van der Waals surface area contributed by atoms with Gasteiger partial charge >= 0.3 is 5.97 Å². The van der Waals surface area contributed by atoms with Crippen LogP contribution in [0.25, 0.3) is 0 Å². The average Bonchev–Trinajstić information content (AvgIpc) is 2.45. The molecule has 1 unspecified atom stereocenters. The molecule has 1 rings (SSSR count). The summed E-state index contributed by atoms with van der Waals surface area (Å²) in [5.74, 6) is 0.0364. The average molecular weight is 311 g/mol. The number of aromatic nitrogens is 2. The number of thioether (sulfide) groups is 1. The number of likely N-dealkylation sites (N-methyl/N-ethyl adjacent to an activating group) is 1. The van der Waals surface area contributed by atoms with Crippen LogP contribution in [0.4, 0.5) is 0 Å². The predicted octanol–water partition coefficient (Wildman–Crippen LogP) is 2.73. The molecule has 5 nitrogen and oxygen atoms in total. The van der Waals surface area contributed by atoms with Crippen molar-refractivity contribution < 1.29 is 9.90 Å². The van der Waals surface area contributed by atoms with E-state index in [9.17, 15) is 9.90 Å². The molecule has 118 valence electrons. The molecule has 0 amide bonds. The molecule has 0 aliphatic carbocycles. The fraction of sp³-hybridized carbons (Fsp3) is 0.667. The maximum atomic E-state index is 11.4. The molecule has 0 saturated heterocycles. The molecule has 1 aromatic heterocycles. The summed E-state index contributed by atoms with van der Waals surface area (Å²) in [4.78, 5) is 20.3. The molecule has 0 aliphatic heterocycles. The number of nitrogens with one attached hydrogen (secondary N) is 1. The van der Waals surface area contributed by atoms with Crippen molar-refractivity contribution in [2.45, 2.75) is 57.7 Å². The molecule has 0 saturated carbocycles. The summed E-state index contributed by atoms with van der Waals surface area (Å²) in [5.41, 5.74) is 2.33. The number of nitrogens with zero attached hydrogens (tertiary/aromatic N) is 2. The van der Waals surface area contributed by atoms with Crippen LogP contribution < -0.4 is 5.32 Å². The van der Waals surface area contributed by atoms with Gasteiger partial charge in [-0.05, 0) is 52.6 Å². The Morgan fingerprint density at radius 3 is 2.29 bits per heavy atom. The minimum Gasteiger partial charge on any atom is -0.480 e. The summed E-state index contributed by atoms with van der Waals surface area (Å²) < 4.78 is 0. The standard InChI is InChI=1S/C15H25N3O2S/c1-6-15(16-5,13(19)20)8-7-9-21-14-17-11(3)10(2)12(4)18-14/h16H,6-9H2,1-5H3,(H,19,20). The highest BCUT2D eigenvalue weighted by Crippen LogP contribution is 2.22. The summed E-state index contributed by atoms with van der Waals surface area (Å²) in [6, 6.07) is 0. The third kappa shape index (κ3) is 4.41. The van der Waals surface area contributed by atoms with Crippen molar-refractivity contribution in [2.24, 2.45) is 0 Å². The largest absolute Gasteiger partial charge is 0.480 e. The first-order valence-corrected chi connectivity index (χ1v) is 8.21. The van der Waals surface area contributed by atoms with Crippen molar-refractivity contribution in [1.82, 2.24) is 15.3 Å². The highest BCUT2D eigenvalue weighted by molar-refractivity contribution is 7.99. The first-order valence-electron chi connectivity index (χ1n) is 7.23. The van der Waals surface area contributed by atoms with Gasteiger partial charge in [-0.25, -0.2) is 9.97 Å². The fourth-order valence-corrected chi connectivity index (χ4v) is 3.06. The number of carboxylic acid groups (broad SMARTS) is 1. The summed E-state index contributed by atoms with van der Waals surface area (Å²) >= 11 is 1.59. The number of carboxylic acids is 1. The van der Waals surface area contributed by atoms with E-state index in [2.05, 4.69) is 15.3 Å². The van der Waals surface area contributed by atoms with Crippen LogP contribution >= 0.6 is 11.8 Å². The lowest BCUT2D eigenvalue weighted by Crippen LogP contribution is -2.49. The lowest BCUT2D eigenvalue weighted by atomic mass is 9.91. The zero-order valence-electron chi connectivity index (χ0n) is 13.5. The Labute approximate surface area is 131 Å². The van der Waals surface area contributed by atoms with Gasteiger partial charge < -0.3 is 10.4 Å². The van der Waals surface area contributed by atoms with E-state index >= 15 is 0 Å². The number of rotatable bonds is 8. The van der Waals surface area contributed by atoms with Crippen molar-refractivity contribution in [3.8, 4) is 0 Å². The second-order valence-electron chi connectivity index (χ2n) is 5.24. The first kappa shape index (κ1) is 17.9. The molecule has 0 aliphatic rings. The maximum absolute atomic E-state index is 11.4. The first-order chi connectivity index (χ1) is 9.86. The Bertz CT molecular complexity index is 479. The van der Waals surface area contributed by atoms with Crippen LogP contribution in [0, 0.1) is 20.8 Å². The number of aliphatic carboxylic acids is 1. The minimum atomic E-state index is -0.819. The monoisotopic (exact) mass is 311 g/mol. The van der Waals surface area contributed by atoms with E-state index in [1.165, 1.54) is 0 Å². The summed E-state index contributed by atoms with van der Waals surface area (Å²) in [6.45, 7) is 7.89. The highest BCUT2D eigenvalue weighted by Gasteiger charge is 2.34. The van der Waals surface area contributed by atoms with E-state index in [4.69, 9.17) is 0 Å². The second-order valence-corrected chi connectivity index (χ2v) is 6.31. The van der Waals surface area contributed by atoms with Gasteiger partial charge in [0, 0.05) is 17.1 Å². The van der Waals surface area contributed by atoms with Crippen molar-refractivity contribution in [1.29, 1.82) is 0 Å². The van der Waals surface area contributed by atoms with Crippen molar-refractivity contribution in [3.63, 3.8) is 0 Å². The van der Waals surface area contributed by atoms with Gasteiger partial charge in [0.1, 0.15) is 5.54 Å². The van der Waals surface area contributed by atoms with Gasteiger partial charge in [-0.2, -0.15) is 0 Å². The van der Waals surface area contributed by atoms with Crippen LogP contribution in [0.2, 0.25) is 0 Å². The van der Waals surface area contributed by atoms with Crippen LogP contribution in [0.15, 0.2) is 5.16 Å². The quantitative estimate of drug-likeness (QED) is 0.437. The number of carbonyl (C=O) groups is 1. The van der Waals surface area contributed by atoms with Crippen molar-refractivity contribution in [3.05, 3.63) is 17.0 Å². The molecule has 2 N–H and O–H groups in total. The van der Waals surface area contributed by atoms with E-state index in [1.54, 1.807) is 18.8 Å². The summed E-state index contributed by atoms with van der Waals surface area (Å²) in [5, 5.41) is 13.1. The molecule has 0 radical (unpaired) electrons. The third-order valence-electron chi connectivity index (χ3n) is 4.08. The van der Waals surface area contributed by atoms with Gasteiger partial charge in [-0.3, -0.25) is 4.79 Å². The molecule has 0 fully saturated rings. The molecule has 1 aromatic rings. The molecule has 0 spiro atoms. The van der Waals surface area contributed by atoms with E-state index in [1.807, 2.05) is 27.7 Å². The Hall–Kier alpha value is -1.14. The molecule has 6 heteroatoms. The van der Waals surface area contributed by atoms with Crippen LogP contribution in [-0.2, 0) is 4.79 Å². The van der Waals surface area contributed by atoms with Gasteiger partial charge in [0.25, 0.3) is 0 Å². The maximum Gasteiger partial charge on any atom is 0.323 e. The summed E-state index contributed by atoms with van der Waals surface area (Å²) in [7, 11) is 1.71. The van der Waals surface area contributed by atoms with Crippen LogP contribution in [-0.4, -0.2) is 39.4 Å². The second kappa shape index (κ2) is 7.75. The Morgan fingerprint density at radius 1 is 1.29 bits per heavy atom. The smallest absolute Gasteiger partial charge is 0.323 e. The SMILES string of the molecule is CCC(CCCSc1nc(C)c(C)c(C)n1)(NC)C(=O)O. The van der Waals surface area contributed by atoms with E-state index in [0.29, 0.717) is 12.8 Å². The summed E-state index contributed by atoms with van der Waals surface area (Å²) in [6.07, 6.45) is 1.98. The molecular formula is C15H25N3O2S. The Balaban J connectivity index is 2.56. The van der Waals surface area contributed by atoms with E-state index in [0.717, 1.165) is 34.3 Å². The van der Waals surface area contributed by atoms with Crippen LogP contribution in [0.5, 0.6) is 0 Å². The zero-order chi connectivity index (χ0) is 16.0. The van der Waals surface area contributed by atoms with Crippen molar-refractivity contribution >= 4 is 17.7 Å². The third-order valence-corrected chi connectivity index (χ3v) is 5.02. The van der Waals surface area contributed by atoms with E-state index in [-0.39, 0.29) is 0 Å². The Kier molecular flexibility index (Phi) is 6.61. The Morgan fingerprint density at radius 2 is 1.86 bits per heavy atom. The molecule has 0 aromatic carbocycles. The number of aryl methyl sites for hydroxylation is 2. The molecule has 21 heavy (non-hydrogen) atoms. The van der Waals surface area contributed by atoms with Gasteiger partial charge in [-0.15, -0.1) is 0 Å². The minimum absolute atomic E-state index is 0.572. The van der Waals surface area contributed by atoms with E-state index < -0.39 is 11.5 Å². The van der Waals surface area contributed by atoms with Gasteiger partial charge in [-0.1, -0.05) is 18.7 Å². The molecular weight excluding hydrogens is 286 g/mol. The number of hydrogen-bond acceptors (Lipinski definition) is 5. The van der Waals surface area contributed by atoms with Crippen LogP contribution in [0.1, 0.15) is 43.1 Å². The van der Waals surface area contributed by atoms with Gasteiger partial charge in [0.15, 0.2) is 5.16 Å². The lowest BCUT2D eigenvalue weighted by Gasteiger charge is -2.27. The van der Waals surface area contributed by atoms with Gasteiger partial charge in [0.05, 0.1) is 0 Å². The lowest BCUT2D eigenvalue weighted by molar-refractivity contribution is -0.145.